The molecule has 0 aliphatic heterocycles. The Bertz CT molecular complexity index is 448. The lowest BCUT2D eigenvalue weighted by molar-refractivity contribution is 0.101. The van der Waals surface area contributed by atoms with Crippen LogP contribution in [-0.4, -0.2) is 26.6 Å². The van der Waals surface area contributed by atoms with Gasteiger partial charge < -0.3 is 0 Å². The molecule has 0 amide bonds. The van der Waals surface area contributed by atoms with Crippen LogP contribution in [0.1, 0.15) is 17.3 Å². The van der Waals surface area contributed by atoms with Gasteiger partial charge in [0.1, 0.15) is 6.67 Å². The molecule has 0 unspecified atom stereocenters. The van der Waals surface area contributed by atoms with E-state index in [1.165, 1.54) is 31.2 Å². The number of hydrogen-bond donors (Lipinski definition) is 0. The van der Waals surface area contributed by atoms with E-state index in [0.717, 1.165) is 0 Å². The maximum Gasteiger partial charge on any atom is 0.180 e. The van der Waals surface area contributed by atoms with Gasteiger partial charge in [-0.05, 0) is 19.1 Å². The standard InChI is InChI=1S/C10H11FO3S/c1-8(12)9-2-4-10(5-3-9)15(13,14)7-6-11/h2-5H,6-7H2,1H3. The second-order valence-electron chi connectivity index (χ2n) is 3.09. The number of benzene rings is 1. The molecule has 0 saturated carbocycles. The van der Waals surface area contributed by atoms with Crippen molar-refractivity contribution in [2.24, 2.45) is 0 Å². The fraction of sp³-hybridized carbons (Fsp3) is 0.300. The van der Waals surface area contributed by atoms with Crippen molar-refractivity contribution in [2.45, 2.75) is 11.8 Å². The molecule has 5 heteroatoms. The van der Waals surface area contributed by atoms with Crippen molar-refractivity contribution in [3.8, 4) is 0 Å². The van der Waals surface area contributed by atoms with Crippen LogP contribution in [0.4, 0.5) is 4.39 Å². The summed E-state index contributed by atoms with van der Waals surface area (Å²) in [6.07, 6.45) is 0. The third kappa shape index (κ3) is 2.86. The SMILES string of the molecule is CC(=O)c1ccc(S(=O)(=O)CCF)cc1. The highest BCUT2D eigenvalue weighted by molar-refractivity contribution is 7.91. The second kappa shape index (κ2) is 4.53. The van der Waals surface area contributed by atoms with Crippen LogP contribution in [0.15, 0.2) is 29.2 Å². The van der Waals surface area contributed by atoms with Crippen molar-refractivity contribution < 1.29 is 17.6 Å². The highest BCUT2D eigenvalue weighted by Crippen LogP contribution is 2.12. The van der Waals surface area contributed by atoms with E-state index in [1.807, 2.05) is 0 Å². The first kappa shape index (κ1) is 11.8. The van der Waals surface area contributed by atoms with Gasteiger partial charge in [0.25, 0.3) is 0 Å². The topological polar surface area (TPSA) is 51.2 Å². The molecule has 0 aliphatic carbocycles. The number of ketones is 1. The van der Waals surface area contributed by atoms with Crippen molar-refractivity contribution in [1.82, 2.24) is 0 Å². The van der Waals surface area contributed by atoms with Gasteiger partial charge >= 0.3 is 0 Å². The van der Waals surface area contributed by atoms with Crippen molar-refractivity contribution in [1.29, 1.82) is 0 Å². The normalized spacial score (nSPS) is 11.3. The zero-order chi connectivity index (χ0) is 11.5. The minimum Gasteiger partial charge on any atom is -0.295 e. The van der Waals surface area contributed by atoms with Crippen LogP contribution >= 0.6 is 0 Å². The predicted octanol–water partition coefficient (Wildman–Crippen LogP) is 1.63. The molecule has 1 rings (SSSR count). The summed E-state index contributed by atoms with van der Waals surface area (Å²) in [4.78, 5) is 11.0. The molecule has 0 N–H and O–H groups in total. The van der Waals surface area contributed by atoms with E-state index in [4.69, 9.17) is 0 Å². The number of rotatable bonds is 4. The van der Waals surface area contributed by atoms with E-state index in [-0.39, 0.29) is 10.7 Å². The highest BCUT2D eigenvalue weighted by Gasteiger charge is 2.13. The van der Waals surface area contributed by atoms with Gasteiger partial charge in [0, 0.05) is 5.56 Å². The summed E-state index contributed by atoms with van der Waals surface area (Å²) in [5, 5.41) is 0. The Labute approximate surface area is 87.8 Å². The van der Waals surface area contributed by atoms with Crippen LogP contribution < -0.4 is 0 Å². The van der Waals surface area contributed by atoms with Gasteiger partial charge in [0.05, 0.1) is 10.6 Å². The Morgan fingerprint density at radius 1 is 1.27 bits per heavy atom. The number of carbonyl (C=O) groups is 1. The molecule has 0 saturated heterocycles. The predicted molar refractivity (Wildman–Crippen MR) is 54.5 cm³/mol. The summed E-state index contributed by atoms with van der Waals surface area (Å²) in [7, 11) is -3.54. The molecule has 0 aliphatic rings. The van der Waals surface area contributed by atoms with Gasteiger partial charge in [0.15, 0.2) is 15.6 Å². The molecule has 0 aromatic heterocycles. The van der Waals surface area contributed by atoms with E-state index in [0.29, 0.717) is 5.56 Å². The fourth-order valence-electron chi connectivity index (χ4n) is 1.12. The van der Waals surface area contributed by atoms with E-state index >= 15 is 0 Å². The van der Waals surface area contributed by atoms with Crippen LogP contribution in [-0.2, 0) is 9.84 Å². The van der Waals surface area contributed by atoms with E-state index in [9.17, 15) is 17.6 Å². The first-order valence-electron chi connectivity index (χ1n) is 4.37. The molecule has 3 nitrogen and oxygen atoms in total. The molecule has 82 valence electrons. The largest absolute Gasteiger partial charge is 0.295 e. The van der Waals surface area contributed by atoms with Gasteiger partial charge in [-0.2, -0.15) is 0 Å². The summed E-state index contributed by atoms with van der Waals surface area (Å²) in [5.41, 5.74) is 0.439. The first-order valence-corrected chi connectivity index (χ1v) is 6.02. The molecular weight excluding hydrogens is 219 g/mol. The van der Waals surface area contributed by atoms with Crippen molar-refractivity contribution in [3.05, 3.63) is 29.8 Å². The molecule has 0 fully saturated rings. The fourth-order valence-corrected chi connectivity index (χ4v) is 2.11. The summed E-state index contributed by atoms with van der Waals surface area (Å²) < 4.78 is 34.7. The lowest BCUT2D eigenvalue weighted by atomic mass is 10.2. The Balaban J connectivity index is 3.04. The lowest BCUT2D eigenvalue weighted by Gasteiger charge is -2.02. The van der Waals surface area contributed by atoms with Crippen LogP contribution in [0.25, 0.3) is 0 Å². The first-order chi connectivity index (χ1) is 6.97. The summed E-state index contributed by atoms with van der Waals surface area (Å²) in [6, 6.07) is 5.49. The summed E-state index contributed by atoms with van der Waals surface area (Å²) in [6.45, 7) is 0.488. The van der Waals surface area contributed by atoms with Crippen LogP contribution in [0, 0.1) is 0 Å². The molecule has 0 bridgehead atoms. The molecule has 0 spiro atoms. The number of halogens is 1. The Morgan fingerprint density at radius 3 is 2.20 bits per heavy atom. The molecule has 0 atom stereocenters. The highest BCUT2D eigenvalue weighted by atomic mass is 32.2. The number of alkyl halides is 1. The Morgan fingerprint density at radius 2 is 1.80 bits per heavy atom. The van der Waals surface area contributed by atoms with Crippen LogP contribution in [0.5, 0.6) is 0 Å². The smallest absolute Gasteiger partial charge is 0.180 e. The van der Waals surface area contributed by atoms with E-state index in [2.05, 4.69) is 0 Å². The summed E-state index contributed by atoms with van der Waals surface area (Å²) in [5.74, 6) is -0.656. The zero-order valence-electron chi connectivity index (χ0n) is 8.23. The zero-order valence-corrected chi connectivity index (χ0v) is 9.05. The Hall–Kier alpha value is -1.23. The third-order valence-electron chi connectivity index (χ3n) is 1.97. The molecule has 0 radical (unpaired) electrons. The minimum absolute atomic E-state index is 0.0464. The molecule has 1 aromatic carbocycles. The number of sulfone groups is 1. The molecule has 0 heterocycles. The van der Waals surface area contributed by atoms with Crippen molar-refractivity contribution in [2.75, 3.05) is 12.4 Å². The Kier molecular flexibility index (Phi) is 3.57. The second-order valence-corrected chi connectivity index (χ2v) is 5.20. The molecule has 1 aromatic rings. The van der Waals surface area contributed by atoms with Gasteiger partial charge in [-0.25, -0.2) is 12.8 Å². The van der Waals surface area contributed by atoms with Crippen LogP contribution in [0.3, 0.4) is 0 Å². The van der Waals surface area contributed by atoms with Gasteiger partial charge in [-0.1, -0.05) is 12.1 Å². The quantitative estimate of drug-likeness (QED) is 0.739. The van der Waals surface area contributed by atoms with Gasteiger partial charge in [-0.3, -0.25) is 4.79 Å². The average Bonchev–Trinajstić information content (AvgIpc) is 2.18. The number of Topliss-reactive ketones (excluding diaryl/α,β-unsaturated/α-hetero) is 1. The monoisotopic (exact) mass is 230 g/mol. The van der Waals surface area contributed by atoms with Crippen molar-refractivity contribution in [3.63, 3.8) is 0 Å². The van der Waals surface area contributed by atoms with Crippen molar-refractivity contribution >= 4 is 15.6 Å². The molecular formula is C10H11FO3S. The molecule has 15 heavy (non-hydrogen) atoms. The maximum absolute atomic E-state index is 11.9. The lowest BCUT2D eigenvalue weighted by Crippen LogP contribution is -2.08. The third-order valence-corrected chi connectivity index (χ3v) is 3.65. The summed E-state index contributed by atoms with van der Waals surface area (Å²) >= 11 is 0. The van der Waals surface area contributed by atoms with E-state index < -0.39 is 22.3 Å². The maximum atomic E-state index is 11.9. The van der Waals surface area contributed by atoms with E-state index in [1.54, 1.807) is 0 Å². The van der Waals surface area contributed by atoms with Gasteiger partial charge in [-0.15, -0.1) is 0 Å². The number of hydrogen-bond acceptors (Lipinski definition) is 3. The number of carbonyl (C=O) groups excluding carboxylic acids is 1. The minimum atomic E-state index is -3.54. The van der Waals surface area contributed by atoms with Gasteiger partial charge in [0.2, 0.25) is 0 Å². The average molecular weight is 230 g/mol. The van der Waals surface area contributed by atoms with Crippen LogP contribution in [0.2, 0.25) is 0 Å².